The molecule has 1 aliphatic rings. The summed E-state index contributed by atoms with van der Waals surface area (Å²) in [6, 6.07) is 0.599. The third-order valence-corrected chi connectivity index (χ3v) is 3.61. The average Bonchev–Trinajstić information content (AvgIpc) is 2.73. The van der Waals surface area contributed by atoms with Gasteiger partial charge in [0.25, 0.3) is 0 Å². The Morgan fingerprint density at radius 2 is 2.19 bits per heavy atom. The van der Waals surface area contributed by atoms with Crippen LogP contribution in [0.2, 0.25) is 0 Å². The molecule has 0 aromatic carbocycles. The van der Waals surface area contributed by atoms with Crippen LogP contribution in [-0.4, -0.2) is 21.0 Å². The summed E-state index contributed by atoms with van der Waals surface area (Å²) in [5.74, 6) is 0.852. The zero-order valence-electron chi connectivity index (χ0n) is 10.3. The van der Waals surface area contributed by atoms with Gasteiger partial charge in [-0.25, -0.2) is 0 Å². The van der Waals surface area contributed by atoms with Gasteiger partial charge < -0.3 is 5.32 Å². The predicted octanol–water partition coefficient (Wildman–Crippen LogP) is 1.87. The van der Waals surface area contributed by atoms with Crippen molar-refractivity contribution in [3.63, 3.8) is 0 Å². The molecule has 1 saturated carbocycles. The van der Waals surface area contributed by atoms with E-state index in [1.165, 1.54) is 32.1 Å². The van der Waals surface area contributed by atoms with Gasteiger partial charge in [0, 0.05) is 25.8 Å². The van der Waals surface area contributed by atoms with E-state index in [4.69, 9.17) is 0 Å². The maximum Gasteiger partial charge on any atom is 0.0964 e. The van der Waals surface area contributed by atoms with Crippen molar-refractivity contribution in [2.24, 2.45) is 13.0 Å². The van der Waals surface area contributed by atoms with Crippen LogP contribution in [0.1, 0.15) is 44.7 Å². The molecule has 1 unspecified atom stereocenters. The number of hydrogen-bond acceptors (Lipinski definition) is 3. The van der Waals surface area contributed by atoms with Crippen molar-refractivity contribution < 1.29 is 0 Å². The summed E-state index contributed by atoms with van der Waals surface area (Å²) < 4.78 is 1.75. The fourth-order valence-electron chi connectivity index (χ4n) is 2.54. The van der Waals surface area contributed by atoms with E-state index in [-0.39, 0.29) is 0 Å². The van der Waals surface area contributed by atoms with Gasteiger partial charge in [-0.2, -0.15) is 0 Å². The number of nitrogens with zero attached hydrogens (tertiary/aromatic N) is 3. The highest BCUT2D eigenvalue weighted by molar-refractivity contribution is 4.92. The quantitative estimate of drug-likeness (QED) is 0.845. The lowest BCUT2D eigenvalue weighted by Crippen LogP contribution is -2.34. The van der Waals surface area contributed by atoms with Crippen LogP contribution in [-0.2, 0) is 13.6 Å². The molecule has 0 radical (unpaired) electrons. The molecule has 1 atom stereocenters. The number of aromatic nitrogens is 3. The van der Waals surface area contributed by atoms with E-state index in [9.17, 15) is 0 Å². The van der Waals surface area contributed by atoms with Crippen LogP contribution in [0.3, 0.4) is 0 Å². The maximum absolute atomic E-state index is 4.08. The molecule has 90 valence electrons. The zero-order chi connectivity index (χ0) is 11.4. The van der Waals surface area contributed by atoms with Crippen LogP contribution in [0.25, 0.3) is 0 Å². The van der Waals surface area contributed by atoms with Crippen molar-refractivity contribution in [2.75, 3.05) is 0 Å². The van der Waals surface area contributed by atoms with Crippen molar-refractivity contribution in [3.05, 3.63) is 11.9 Å². The molecule has 2 rings (SSSR count). The number of hydrogen-bond donors (Lipinski definition) is 1. The van der Waals surface area contributed by atoms with Crippen LogP contribution < -0.4 is 5.32 Å². The third-order valence-electron chi connectivity index (χ3n) is 3.61. The number of aryl methyl sites for hydroxylation is 1. The Bertz CT molecular complexity index is 315. The molecule has 0 spiro atoms. The maximum atomic E-state index is 4.08. The summed E-state index contributed by atoms with van der Waals surface area (Å²) in [6.07, 6.45) is 8.97. The van der Waals surface area contributed by atoms with Crippen molar-refractivity contribution in [2.45, 2.75) is 51.6 Å². The Kier molecular flexibility index (Phi) is 3.93. The Balaban J connectivity index is 1.76. The van der Waals surface area contributed by atoms with Gasteiger partial charge in [0.2, 0.25) is 0 Å². The summed E-state index contributed by atoms with van der Waals surface area (Å²) >= 11 is 0. The molecule has 1 aliphatic carbocycles. The lowest BCUT2D eigenvalue weighted by atomic mass is 9.84. The Morgan fingerprint density at radius 3 is 2.81 bits per heavy atom. The lowest BCUT2D eigenvalue weighted by molar-refractivity contribution is 0.280. The van der Waals surface area contributed by atoms with Crippen molar-refractivity contribution in [1.29, 1.82) is 0 Å². The van der Waals surface area contributed by atoms with Gasteiger partial charge in [-0.15, -0.1) is 5.10 Å². The largest absolute Gasteiger partial charge is 0.308 e. The van der Waals surface area contributed by atoms with Gasteiger partial charge in [-0.1, -0.05) is 24.5 Å². The van der Waals surface area contributed by atoms with E-state index in [0.29, 0.717) is 6.04 Å². The minimum Gasteiger partial charge on any atom is -0.308 e. The first-order valence-corrected chi connectivity index (χ1v) is 6.34. The highest BCUT2D eigenvalue weighted by Crippen LogP contribution is 2.26. The minimum atomic E-state index is 0.599. The van der Waals surface area contributed by atoms with E-state index < -0.39 is 0 Å². The molecule has 0 saturated heterocycles. The van der Waals surface area contributed by atoms with E-state index in [2.05, 4.69) is 22.6 Å². The first kappa shape index (κ1) is 11.6. The Morgan fingerprint density at radius 1 is 1.44 bits per heavy atom. The highest BCUT2D eigenvalue weighted by atomic mass is 15.4. The standard InChI is InChI=1S/C12H22N4/c1-10(11-6-4-3-5-7-11)13-8-12-9-16(2)15-14-12/h9-11,13H,3-8H2,1-2H3. The van der Waals surface area contributed by atoms with E-state index in [1.807, 2.05) is 13.2 Å². The molecule has 0 bridgehead atoms. The number of nitrogens with one attached hydrogen (secondary N) is 1. The van der Waals surface area contributed by atoms with Gasteiger partial charge in [0.15, 0.2) is 0 Å². The molecule has 0 amide bonds. The molecule has 1 heterocycles. The molecular formula is C12H22N4. The SMILES string of the molecule is CC(NCc1cn(C)nn1)C1CCCCC1. The zero-order valence-corrected chi connectivity index (χ0v) is 10.3. The molecule has 16 heavy (non-hydrogen) atoms. The third kappa shape index (κ3) is 3.04. The topological polar surface area (TPSA) is 42.7 Å². The van der Waals surface area contributed by atoms with Gasteiger partial charge in [0.1, 0.15) is 0 Å². The number of rotatable bonds is 4. The molecule has 0 aliphatic heterocycles. The molecule has 1 N–H and O–H groups in total. The summed E-state index contributed by atoms with van der Waals surface area (Å²) in [7, 11) is 1.90. The lowest BCUT2D eigenvalue weighted by Gasteiger charge is -2.28. The average molecular weight is 222 g/mol. The van der Waals surface area contributed by atoms with E-state index in [0.717, 1.165) is 18.2 Å². The second kappa shape index (κ2) is 5.43. The van der Waals surface area contributed by atoms with Crippen molar-refractivity contribution >= 4 is 0 Å². The van der Waals surface area contributed by atoms with Crippen LogP contribution in [0.5, 0.6) is 0 Å². The van der Waals surface area contributed by atoms with Crippen molar-refractivity contribution in [1.82, 2.24) is 20.3 Å². The van der Waals surface area contributed by atoms with Gasteiger partial charge in [-0.3, -0.25) is 4.68 Å². The fraction of sp³-hybridized carbons (Fsp3) is 0.833. The first-order chi connectivity index (χ1) is 7.75. The molecule has 1 aromatic rings. The van der Waals surface area contributed by atoms with E-state index in [1.54, 1.807) is 4.68 Å². The molecule has 1 aromatic heterocycles. The first-order valence-electron chi connectivity index (χ1n) is 6.34. The summed E-state index contributed by atoms with van der Waals surface area (Å²) in [5.41, 5.74) is 1.03. The van der Waals surface area contributed by atoms with Gasteiger partial charge in [-0.05, 0) is 25.7 Å². The molecular weight excluding hydrogens is 200 g/mol. The second-order valence-corrected chi connectivity index (χ2v) is 4.95. The molecule has 1 fully saturated rings. The van der Waals surface area contributed by atoms with Crippen LogP contribution in [0.15, 0.2) is 6.20 Å². The second-order valence-electron chi connectivity index (χ2n) is 4.95. The van der Waals surface area contributed by atoms with E-state index >= 15 is 0 Å². The monoisotopic (exact) mass is 222 g/mol. The Labute approximate surface area is 97.4 Å². The normalized spacial score (nSPS) is 19.9. The van der Waals surface area contributed by atoms with Crippen LogP contribution >= 0.6 is 0 Å². The minimum absolute atomic E-state index is 0.599. The summed E-state index contributed by atoms with van der Waals surface area (Å²) in [4.78, 5) is 0. The fourth-order valence-corrected chi connectivity index (χ4v) is 2.54. The Hall–Kier alpha value is -0.900. The highest BCUT2D eigenvalue weighted by Gasteiger charge is 2.19. The smallest absolute Gasteiger partial charge is 0.0964 e. The molecule has 4 heteroatoms. The van der Waals surface area contributed by atoms with Crippen LogP contribution in [0, 0.1) is 5.92 Å². The van der Waals surface area contributed by atoms with Crippen molar-refractivity contribution in [3.8, 4) is 0 Å². The summed E-state index contributed by atoms with van der Waals surface area (Å²) in [6.45, 7) is 3.14. The van der Waals surface area contributed by atoms with Gasteiger partial charge in [0.05, 0.1) is 5.69 Å². The predicted molar refractivity (Wildman–Crippen MR) is 63.9 cm³/mol. The molecule has 4 nitrogen and oxygen atoms in total. The van der Waals surface area contributed by atoms with Crippen LogP contribution in [0.4, 0.5) is 0 Å². The summed E-state index contributed by atoms with van der Waals surface area (Å²) in [5, 5.41) is 11.6. The van der Waals surface area contributed by atoms with Gasteiger partial charge >= 0.3 is 0 Å².